The van der Waals surface area contributed by atoms with E-state index in [1.807, 2.05) is 0 Å². The van der Waals surface area contributed by atoms with Crippen LogP contribution >= 0.6 is 0 Å². The van der Waals surface area contributed by atoms with Crippen molar-refractivity contribution in [3.05, 3.63) is 48.6 Å². The van der Waals surface area contributed by atoms with E-state index < -0.39 is 0 Å². The van der Waals surface area contributed by atoms with Crippen LogP contribution in [0.4, 0.5) is 0 Å². The van der Waals surface area contributed by atoms with Crippen LogP contribution in [0.15, 0.2) is 48.6 Å². The minimum atomic E-state index is 1.16. The molecule has 0 nitrogen and oxygen atoms in total. The molecule has 0 aromatic heterocycles. The number of rotatable bonds is 0. The molecule has 0 heteroatoms. The maximum absolute atomic E-state index is 2.29. The lowest BCUT2D eigenvalue weighted by Gasteiger charge is -1.90. The monoisotopic (exact) mass is 188 g/mol. The van der Waals surface area contributed by atoms with E-state index in [1.165, 1.54) is 25.7 Å². The van der Waals surface area contributed by atoms with Crippen LogP contribution in [0.2, 0.25) is 0 Å². The van der Waals surface area contributed by atoms with Crippen LogP contribution in [0, 0.1) is 0 Å². The van der Waals surface area contributed by atoms with Crippen molar-refractivity contribution in [1.29, 1.82) is 0 Å². The van der Waals surface area contributed by atoms with E-state index >= 15 is 0 Å². The van der Waals surface area contributed by atoms with Crippen LogP contribution in [0.3, 0.4) is 0 Å². The molecule has 0 aromatic carbocycles. The quantitative estimate of drug-likeness (QED) is 0.489. The number of allylic oxidation sites excluding steroid dienone is 8. The van der Waals surface area contributed by atoms with E-state index in [9.17, 15) is 0 Å². The lowest BCUT2D eigenvalue weighted by Crippen LogP contribution is -1.70. The summed E-state index contributed by atoms with van der Waals surface area (Å²) in [5.74, 6) is 0. The fourth-order valence-corrected chi connectivity index (χ4v) is 1.40. The molecule has 1 aliphatic rings. The van der Waals surface area contributed by atoms with Crippen LogP contribution in [0.1, 0.15) is 38.5 Å². The SMILES string of the molecule is C1=CCC/C=C/CC/C=C\C=C\CC1. The molecule has 0 N–H and O–H groups in total. The zero-order valence-corrected chi connectivity index (χ0v) is 8.86. The van der Waals surface area contributed by atoms with E-state index in [0.717, 1.165) is 12.8 Å². The summed E-state index contributed by atoms with van der Waals surface area (Å²) in [5.41, 5.74) is 0. The summed E-state index contributed by atoms with van der Waals surface area (Å²) in [6.45, 7) is 0. The standard InChI is InChI=1S/C14H20/c1-2-4-6-8-10-12-14-13-11-9-7-5-3-1/h1-4,9-12H,5-8,13-14H2/b3-1-,4-2+,11-9+,12-10?. The molecular formula is C14H20. The first-order valence-electron chi connectivity index (χ1n) is 5.62. The molecular weight excluding hydrogens is 168 g/mol. The Kier molecular flexibility index (Phi) is 6.74. The Hall–Kier alpha value is -1.04. The number of hydrogen-bond donors (Lipinski definition) is 0. The van der Waals surface area contributed by atoms with Crippen LogP contribution in [0.5, 0.6) is 0 Å². The van der Waals surface area contributed by atoms with Gasteiger partial charge >= 0.3 is 0 Å². The van der Waals surface area contributed by atoms with Gasteiger partial charge in [-0.15, -0.1) is 0 Å². The third-order valence-electron chi connectivity index (χ3n) is 2.22. The van der Waals surface area contributed by atoms with Crippen molar-refractivity contribution >= 4 is 0 Å². The Morgan fingerprint density at radius 2 is 0.643 bits per heavy atom. The third-order valence-corrected chi connectivity index (χ3v) is 2.22. The Labute approximate surface area is 87.7 Å². The second-order valence-corrected chi connectivity index (χ2v) is 3.53. The van der Waals surface area contributed by atoms with Gasteiger partial charge in [0, 0.05) is 0 Å². The van der Waals surface area contributed by atoms with E-state index in [4.69, 9.17) is 0 Å². The highest BCUT2D eigenvalue weighted by Crippen LogP contribution is 2.01. The summed E-state index contributed by atoms with van der Waals surface area (Å²) in [6.07, 6.45) is 25.0. The van der Waals surface area contributed by atoms with Crippen LogP contribution in [-0.2, 0) is 0 Å². The molecule has 0 aliphatic heterocycles. The van der Waals surface area contributed by atoms with Crippen molar-refractivity contribution < 1.29 is 0 Å². The molecule has 0 amide bonds. The minimum Gasteiger partial charge on any atom is -0.0882 e. The molecule has 0 atom stereocenters. The van der Waals surface area contributed by atoms with Gasteiger partial charge in [0.25, 0.3) is 0 Å². The van der Waals surface area contributed by atoms with Crippen molar-refractivity contribution in [2.24, 2.45) is 0 Å². The molecule has 0 unspecified atom stereocenters. The van der Waals surface area contributed by atoms with Gasteiger partial charge in [0.05, 0.1) is 0 Å². The molecule has 0 fully saturated rings. The average Bonchev–Trinajstić information content (AvgIpc) is 2.22. The zero-order chi connectivity index (χ0) is 9.90. The number of hydrogen-bond acceptors (Lipinski definition) is 0. The molecule has 0 aromatic rings. The minimum absolute atomic E-state index is 1.16. The van der Waals surface area contributed by atoms with Crippen molar-refractivity contribution in [3.8, 4) is 0 Å². The summed E-state index contributed by atoms with van der Waals surface area (Å²) in [4.78, 5) is 0. The van der Waals surface area contributed by atoms with Crippen LogP contribution in [-0.4, -0.2) is 0 Å². The predicted octanol–water partition coefficient (Wildman–Crippen LogP) is 4.57. The average molecular weight is 188 g/mol. The van der Waals surface area contributed by atoms with E-state index in [2.05, 4.69) is 48.6 Å². The molecule has 1 aliphatic carbocycles. The molecule has 0 saturated carbocycles. The van der Waals surface area contributed by atoms with Gasteiger partial charge in [0.2, 0.25) is 0 Å². The highest BCUT2D eigenvalue weighted by molar-refractivity contribution is 5.04. The lowest BCUT2D eigenvalue weighted by atomic mass is 10.2. The Morgan fingerprint density at radius 1 is 0.357 bits per heavy atom. The lowest BCUT2D eigenvalue weighted by molar-refractivity contribution is 0.983. The van der Waals surface area contributed by atoms with Gasteiger partial charge in [-0.3, -0.25) is 0 Å². The van der Waals surface area contributed by atoms with Crippen molar-refractivity contribution in [2.45, 2.75) is 38.5 Å². The molecule has 1 rings (SSSR count). The third kappa shape index (κ3) is 6.47. The second-order valence-electron chi connectivity index (χ2n) is 3.53. The normalized spacial score (nSPS) is 26.3. The van der Waals surface area contributed by atoms with Crippen LogP contribution < -0.4 is 0 Å². The van der Waals surface area contributed by atoms with Gasteiger partial charge in [0.15, 0.2) is 0 Å². The zero-order valence-electron chi connectivity index (χ0n) is 8.86. The maximum Gasteiger partial charge on any atom is -0.0313 e. The molecule has 0 radical (unpaired) electrons. The molecule has 0 spiro atoms. The van der Waals surface area contributed by atoms with E-state index in [0.29, 0.717) is 0 Å². The van der Waals surface area contributed by atoms with E-state index in [1.54, 1.807) is 0 Å². The second kappa shape index (κ2) is 8.55. The first kappa shape index (κ1) is 11.0. The van der Waals surface area contributed by atoms with Gasteiger partial charge in [-0.2, -0.15) is 0 Å². The van der Waals surface area contributed by atoms with Gasteiger partial charge < -0.3 is 0 Å². The van der Waals surface area contributed by atoms with Crippen molar-refractivity contribution in [2.75, 3.05) is 0 Å². The molecule has 0 heterocycles. The van der Waals surface area contributed by atoms with Crippen molar-refractivity contribution in [3.63, 3.8) is 0 Å². The molecule has 0 saturated heterocycles. The summed E-state index contributed by atoms with van der Waals surface area (Å²) in [5, 5.41) is 0. The van der Waals surface area contributed by atoms with Gasteiger partial charge in [-0.25, -0.2) is 0 Å². The fourth-order valence-electron chi connectivity index (χ4n) is 1.40. The molecule has 14 heavy (non-hydrogen) atoms. The Morgan fingerprint density at radius 3 is 1.00 bits per heavy atom. The van der Waals surface area contributed by atoms with E-state index in [-0.39, 0.29) is 0 Å². The molecule has 0 bridgehead atoms. The highest BCUT2D eigenvalue weighted by atomic mass is 13.9. The van der Waals surface area contributed by atoms with Crippen molar-refractivity contribution in [1.82, 2.24) is 0 Å². The first-order valence-corrected chi connectivity index (χ1v) is 5.62. The smallest absolute Gasteiger partial charge is 0.0313 e. The fraction of sp³-hybridized carbons (Fsp3) is 0.429. The predicted molar refractivity (Wildman–Crippen MR) is 64.3 cm³/mol. The molecule has 76 valence electrons. The van der Waals surface area contributed by atoms with Gasteiger partial charge in [-0.05, 0) is 38.5 Å². The Bertz CT molecular complexity index is 202. The summed E-state index contributed by atoms with van der Waals surface area (Å²) in [6, 6.07) is 0. The Balaban J connectivity index is 2.34. The van der Waals surface area contributed by atoms with Gasteiger partial charge in [0.1, 0.15) is 0 Å². The summed E-state index contributed by atoms with van der Waals surface area (Å²) < 4.78 is 0. The summed E-state index contributed by atoms with van der Waals surface area (Å²) >= 11 is 0. The highest BCUT2D eigenvalue weighted by Gasteiger charge is 1.80. The van der Waals surface area contributed by atoms with Crippen LogP contribution in [0.25, 0.3) is 0 Å². The summed E-state index contributed by atoms with van der Waals surface area (Å²) in [7, 11) is 0. The largest absolute Gasteiger partial charge is 0.0882 e. The topological polar surface area (TPSA) is 0 Å². The van der Waals surface area contributed by atoms with Gasteiger partial charge in [-0.1, -0.05) is 48.6 Å². The first-order chi connectivity index (χ1) is 7.00. The maximum atomic E-state index is 2.29.